The Morgan fingerprint density at radius 1 is 1.03 bits per heavy atom. The fraction of sp³-hybridized carbons (Fsp3) is 0.192. The van der Waals surface area contributed by atoms with Crippen molar-refractivity contribution in [3.8, 4) is 11.5 Å². The number of carbonyl (C=O) groups excluding carboxylic acids is 1. The SMILES string of the molecule is COc1ccc(OC(=O)N2CCc3c([nH]c4ccc(Cl)cc34)C2c2ccc(C)cc2)cc1. The topological polar surface area (TPSA) is 54.6 Å². The fourth-order valence-corrected chi connectivity index (χ4v) is 4.53. The van der Waals surface area contributed by atoms with E-state index in [-0.39, 0.29) is 12.1 Å². The number of H-pyrrole nitrogens is 1. The van der Waals surface area contributed by atoms with Gasteiger partial charge >= 0.3 is 6.09 Å². The molecule has 1 aliphatic heterocycles. The lowest BCUT2D eigenvalue weighted by Crippen LogP contribution is -2.42. The first kappa shape index (κ1) is 20.5. The lowest BCUT2D eigenvalue weighted by Gasteiger charge is -2.35. The number of rotatable bonds is 3. The van der Waals surface area contributed by atoms with Crippen LogP contribution in [0.25, 0.3) is 10.9 Å². The molecule has 6 heteroatoms. The Kier molecular flexibility index (Phi) is 5.27. The molecular formula is C26H23ClN2O3. The van der Waals surface area contributed by atoms with Crippen LogP contribution in [0.15, 0.2) is 66.7 Å². The van der Waals surface area contributed by atoms with Crippen LogP contribution >= 0.6 is 11.6 Å². The smallest absolute Gasteiger partial charge is 0.416 e. The van der Waals surface area contributed by atoms with Crippen LogP contribution in [0.4, 0.5) is 4.79 Å². The number of aromatic amines is 1. The summed E-state index contributed by atoms with van der Waals surface area (Å²) in [4.78, 5) is 18.6. The number of carbonyl (C=O) groups is 1. The molecular weight excluding hydrogens is 424 g/mol. The fourth-order valence-electron chi connectivity index (χ4n) is 4.36. The second-order valence-corrected chi connectivity index (χ2v) is 8.44. The molecule has 0 saturated heterocycles. The van der Waals surface area contributed by atoms with Gasteiger partial charge in [0.2, 0.25) is 0 Å². The molecule has 0 bridgehead atoms. The van der Waals surface area contributed by atoms with Gasteiger partial charge in [0.05, 0.1) is 7.11 Å². The van der Waals surface area contributed by atoms with E-state index < -0.39 is 0 Å². The molecule has 3 aromatic carbocycles. The number of fused-ring (bicyclic) bond motifs is 3. The Morgan fingerprint density at radius 3 is 2.47 bits per heavy atom. The van der Waals surface area contributed by atoms with Gasteiger partial charge in [0.25, 0.3) is 0 Å². The van der Waals surface area contributed by atoms with Crippen LogP contribution in [0.1, 0.15) is 28.4 Å². The van der Waals surface area contributed by atoms with Gasteiger partial charge in [-0.1, -0.05) is 41.4 Å². The number of nitrogens with zero attached hydrogens (tertiary/aromatic N) is 1. The van der Waals surface area contributed by atoms with Gasteiger partial charge in [-0.25, -0.2) is 4.79 Å². The maximum Gasteiger partial charge on any atom is 0.416 e. The van der Waals surface area contributed by atoms with Gasteiger partial charge in [0.15, 0.2) is 0 Å². The first-order valence-electron chi connectivity index (χ1n) is 10.5. The van der Waals surface area contributed by atoms with Crippen molar-refractivity contribution < 1.29 is 14.3 Å². The number of hydrogen-bond acceptors (Lipinski definition) is 3. The zero-order valence-electron chi connectivity index (χ0n) is 17.9. The van der Waals surface area contributed by atoms with Crippen molar-refractivity contribution in [3.05, 3.63) is 94.1 Å². The molecule has 1 atom stereocenters. The number of halogens is 1. The Morgan fingerprint density at radius 2 is 1.75 bits per heavy atom. The zero-order valence-corrected chi connectivity index (χ0v) is 18.6. The normalized spacial score (nSPS) is 15.5. The van der Waals surface area contributed by atoms with E-state index in [1.807, 2.05) is 18.2 Å². The van der Waals surface area contributed by atoms with Crippen molar-refractivity contribution in [2.24, 2.45) is 0 Å². The maximum absolute atomic E-state index is 13.3. The lowest BCUT2D eigenvalue weighted by molar-refractivity contribution is 0.135. The van der Waals surface area contributed by atoms with Crippen molar-refractivity contribution >= 4 is 28.6 Å². The summed E-state index contributed by atoms with van der Waals surface area (Å²) in [6.07, 6.45) is 0.332. The van der Waals surface area contributed by atoms with Crippen LogP contribution in [0.3, 0.4) is 0 Å². The number of nitrogens with one attached hydrogen (secondary N) is 1. The third kappa shape index (κ3) is 3.69. The van der Waals surface area contributed by atoms with Crippen LogP contribution < -0.4 is 9.47 Å². The van der Waals surface area contributed by atoms with Gasteiger partial charge in [-0.3, -0.25) is 4.90 Å². The highest BCUT2D eigenvalue weighted by Crippen LogP contribution is 2.39. The number of benzene rings is 3. The second-order valence-electron chi connectivity index (χ2n) is 8.01. The van der Waals surface area contributed by atoms with Crippen LogP contribution in [0.5, 0.6) is 11.5 Å². The average molecular weight is 447 g/mol. The summed E-state index contributed by atoms with van der Waals surface area (Å²) in [5.41, 5.74) is 5.41. The van der Waals surface area contributed by atoms with Gasteiger partial charge in [-0.05, 0) is 66.9 Å². The molecule has 1 aliphatic rings. The number of amides is 1. The van der Waals surface area contributed by atoms with E-state index in [0.717, 1.165) is 28.6 Å². The molecule has 4 aromatic rings. The molecule has 1 aromatic heterocycles. The molecule has 5 rings (SSSR count). The Balaban J connectivity index is 1.55. The summed E-state index contributed by atoms with van der Waals surface area (Å²) >= 11 is 6.27. The zero-order chi connectivity index (χ0) is 22.2. The Hall–Kier alpha value is -3.44. The number of aryl methyl sites for hydroxylation is 1. The first-order chi connectivity index (χ1) is 15.5. The van der Waals surface area contributed by atoms with Crippen LogP contribution in [-0.4, -0.2) is 29.6 Å². The van der Waals surface area contributed by atoms with Gasteiger partial charge in [-0.2, -0.15) is 0 Å². The Bertz CT molecular complexity index is 1280. The lowest BCUT2D eigenvalue weighted by atomic mass is 9.92. The molecule has 0 radical (unpaired) electrons. The molecule has 2 heterocycles. The molecule has 1 amide bonds. The summed E-state index contributed by atoms with van der Waals surface area (Å²) in [7, 11) is 1.60. The van der Waals surface area contributed by atoms with Crippen molar-refractivity contribution in [2.45, 2.75) is 19.4 Å². The molecule has 5 nitrogen and oxygen atoms in total. The Labute approximate surface area is 191 Å². The van der Waals surface area contributed by atoms with E-state index in [2.05, 4.69) is 36.2 Å². The molecule has 1 unspecified atom stereocenters. The van der Waals surface area contributed by atoms with E-state index in [0.29, 0.717) is 23.1 Å². The molecule has 0 saturated carbocycles. The number of methoxy groups -OCH3 is 1. The van der Waals surface area contributed by atoms with E-state index in [4.69, 9.17) is 21.1 Å². The summed E-state index contributed by atoms with van der Waals surface area (Å²) in [6.45, 7) is 2.59. The monoisotopic (exact) mass is 446 g/mol. The molecule has 1 N–H and O–H groups in total. The van der Waals surface area contributed by atoms with Crippen molar-refractivity contribution in [2.75, 3.05) is 13.7 Å². The number of aromatic nitrogens is 1. The van der Waals surface area contributed by atoms with E-state index in [1.54, 1.807) is 36.3 Å². The maximum atomic E-state index is 13.3. The molecule has 0 aliphatic carbocycles. The van der Waals surface area contributed by atoms with E-state index in [1.165, 1.54) is 11.1 Å². The van der Waals surface area contributed by atoms with E-state index in [9.17, 15) is 4.79 Å². The summed E-state index contributed by atoms with van der Waals surface area (Å²) in [6, 6.07) is 20.9. The number of ether oxygens (including phenoxy) is 2. The summed E-state index contributed by atoms with van der Waals surface area (Å²) in [5.74, 6) is 1.19. The van der Waals surface area contributed by atoms with Crippen LogP contribution in [0, 0.1) is 6.92 Å². The van der Waals surface area contributed by atoms with Crippen molar-refractivity contribution in [1.29, 1.82) is 0 Å². The minimum Gasteiger partial charge on any atom is -0.497 e. The first-order valence-corrected chi connectivity index (χ1v) is 10.9. The van der Waals surface area contributed by atoms with E-state index >= 15 is 0 Å². The van der Waals surface area contributed by atoms with Crippen LogP contribution in [-0.2, 0) is 6.42 Å². The van der Waals surface area contributed by atoms with Gasteiger partial charge in [-0.15, -0.1) is 0 Å². The van der Waals surface area contributed by atoms with Gasteiger partial charge < -0.3 is 14.5 Å². The average Bonchev–Trinajstić information content (AvgIpc) is 3.17. The molecule has 32 heavy (non-hydrogen) atoms. The highest BCUT2D eigenvalue weighted by molar-refractivity contribution is 6.31. The summed E-state index contributed by atoms with van der Waals surface area (Å²) < 4.78 is 10.9. The predicted molar refractivity (Wildman–Crippen MR) is 126 cm³/mol. The third-order valence-corrected chi connectivity index (χ3v) is 6.22. The molecule has 162 valence electrons. The predicted octanol–water partition coefficient (Wildman–Crippen LogP) is 6.28. The summed E-state index contributed by atoms with van der Waals surface area (Å²) in [5, 5.41) is 1.81. The largest absolute Gasteiger partial charge is 0.497 e. The highest BCUT2D eigenvalue weighted by Gasteiger charge is 2.35. The van der Waals surface area contributed by atoms with Crippen LogP contribution in [0.2, 0.25) is 5.02 Å². The third-order valence-electron chi connectivity index (χ3n) is 5.98. The van der Waals surface area contributed by atoms with Crippen molar-refractivity contribution in [1.82, 2.24) is 9.88 Å². The highest BCUT2D eigenvalue weighted by atomic mass is 35.5. The minimum atomic E-state index is -0.386. The molecule has 0 spiro atoms. The van der Waals surface area contributed by atoms with Gasteiger partial charge in [0, 0.05) is 28.2 Å². The molecule has 0 fully saturated rings. The standard InChI is InChI=1S/C26H23ClN2O3/c1-16-3-5-17(6-4-16)25-24-21(22-15-18(27)7-12-23(22)28-24)13-14-29(25)26(30)32-20-10-8-19(31-2)9-11-20/h3-12,15,25,28H,13-14H2,1-2H3. The van der Waals surface area contributed by atoms with Gasteiger partial charge in [0.1, 0.15) is 17.5 Å². The van der Waals surface area contributed by atoms with Crippen molar-refractivity contribution in [3.63, 3.8) is 0 Å². The second kappa shape index (κ2) is 8.24. The minimum absolute atomic E-state index is 0.281. The quantitative estimate of drug-likeness (QED) is 0.402. The number of hydrogen-bond donors (Lipinski definition) is 1.